The monoisotopic (exact) mass is 570 g/mol. The predicted molar refractivity (Wildman–Crippen MR) is 172 cm³/mol. The van der Waals surface area contributed by atoms with E-state index in [1.807, 2.05) is 74.5 Å². The summed E-state index contributed by atoms with van der Waals surface area (Å²) in [5.74, 6) is -1.92. The van der Waals surface area contributed by atoms with Crippen molar-refractivity contribution in [1.29, 1.82) is 0 Å². The van der Waals surface area contributed by atoms with Gasteiger partial charge < -0.3 is 5.11 Å². The Bertz CT molecular complexity index is 1370. The van der Waals surface area contributed by atoms with Crippen molar-refractivity contribution >= 4 is 17.3 Å². The van der Waals surface area contributed by atoms with Crippen molar-refractivity contribution in [3.05, 3.63) is 94.3 Å². The van der Waals surface area contributed by atoms with Crippen LogP contribution >= 0.6 is 0 Å². The minimum Gasteiger partial charge on any atom is -0.511 e. The molecule has 4 nitrogen and oxygen atoms in total. The van der Waals surface area contributed by atoms with Gasteiger partial charge in [0.25, 0.3) is 0 Å². The Balaban J connectivity index is 2.45. The first kappa shape index (κ1) is 33.2. The Morgan fingerprint density at radius 3 is 2.05 bits per heavy atom. The third-order valence-electron chi connectivity index (χ3n) is 9.72. The maximum absolute atomic E-state index is 15.3. The third-order valence-corrected chi connectivity index (χ3v) is 9.72. The zero-order valence-corrected chi connectivity index (χ0v) is 27.2. The van der Waals surface area contributed by atoms with Crippen LogP contribution in [0.3, 0.4) is 0 Å². The lowest BCUT2D eigenvalue weighted by Crippen LogP contribution is -2.70. The van der Waals surface area contributed by atoms with Crippen LogP contribution in [0.25, 0.3) is 0 Å². The van der Waals surface area contributed by atoms with Gasteiger partial charge in [-0.05, 0) is 97.8 Å². The largest absolute Gasteiger partial charge is 0.511 e. The molecule has 0 saturated heterocycles. The number of carbonyl (C=O) groups is 3. The van der Waals surface area contributed by atoms with Gasteiger partial charge in [-0.3, -0.25) is 14.4 Å². The van der Waals surface area contributed by atoms with Crippen molar-refractivity contribution in [3.63, 3.8) is 0 Å². The van der Waals surface area contributed by atoms with E-state index in [1.165, 1.54) is 0 Å². The number of ketones is 3. The molecule has 2 bridgehead atoms. The van der Waals surface area contributed by atoms with E-state index in [1.54, 1.807) is 24.3 Å². The summed E-state index contributed by atoms with van der Waals surface area (Å²) >= 11 is 0. The lowest BCUT2D eigenvalue weighted by Gasteiger charge is -2.60. The van der Waals surface area contributed by atoms with Gasteiger partial charge in [0, 0.05) is 11.1 Å². The summed E-state index contributed by atoms with van der Waals surface area (Å²) in [5, 5.41) is 12.2. The molecule has 2 aliphatic carbocycles. The first-order valence-corrected chi connectivity index (χ1v) is 15.2. The molecule has 1 aromatic rings. The van der Waals surface area contributed by atoms with Crippen LogP contribution in [-0.2, 0) is 9.59 Å². The van der Waals surface area contributed by atoms with E-state index in [0.29, 0.717) is 31.2 Å². The standard InChI is InChI=1S/C38H50O4/c1-24(2)16-19-29(27(7)8)22-37-23-30(20-17-25(3)4)36(9,10)38(35(37)42,32(39)28-14-12-11-13-15-28)34(41)31(33(37)40)21-18-26(5)6/h11-18,29-30,40H,7,19-23H2,1-6,8-10H3/t29-,30+,37-,38+/m0/s1. The van der Waals surface area contributed by atoms with Crippen LogP contribution in [0.1, 0.15) is 105 Å². The zero-order valence-electron chi connectivity index (χ0n) is 27.2. The molecular formula is C38H50O4. The van der Waals surface area contributed by atoms with Crippen molar-refractivity contribution in [2.24, 2.45) is 28.1 Å². The van der Waals surface area contributed by atoms with E-state index < -0.39 is 33.6 Å². The van der Waals surface area contributed by atoms with Gasteiger partial charge in [-0.2, -0.15) is 0 Å². The molecule has 1 fully saturated rings. The fraction of sp³-hybridized carbons (Fsp3) is 0.500. The Morgan fingerprint density at radius 1 is 0.952 bits per heavy atom. The molecule has 1 saturated carbocycles. The van der Waals surface area contributed by atoms with Crippen LogP contribution in [-0.4, -0.2) is 22.5 Å². The smallest absolute Gasteiger partial charge is 0.184 e. The van der Waals surface area contributed by atoms with Gasteiger partial charge >= 0.3 is 0 Å². The molecule has 4 atom stereocenters. The number of aliphatic hydroxyl groups excluding tert-OH is 1. The van der Waals surface area contributed by atoms with E-state index in [0.717, 1.165) is 22.3 Å². The van der Waals surface area contributed by atoms with Gasteiger partial charge in [0.1, 0.15) is 5.76 Å². The molecular weight excluding hydrogens is 520 g/mol. The molecule has 4 heteroatoms. The van der Waals surface area contributed by atoms with E-state index >= 15 is 4.79 Å². The molecule has 2 aliphatic rings. The third kappa shape index (κ3) is 5.70. The molecule has 226 valence electrons. The fourth-order valence-electron chi connectivity index (χ4n) is 7.04. The molecule has 3 rings (SSSR count). The molecule has 1 aromatic carbocycles. The Labute approximate surface area is 253 Å². The fourth-order valence-corrected chi connectivity index (χ4v) is 7.04. The molecule has 42 heavy (non-hydrogen) atoms. The second-order valence-electron chi connectivity index (χ2n) is 13.9. The van der Waals surface area contributed by atoms with Crippen LogP contribution < -0.4 is 0 Å². The summed E-state index contributed by atoms with van der Waals surface area (Å²) in [4.78, 5) is 44.9. The van der Waals surface area contributed by atoms with Gasteiger partial charge in [0.15, 0.2) is 22.8 Å². The number of fused-ring (bicyclic) bond motifs is 2. The second kappa shape index (κ2) is 12.5. The highest BCUT2D eigenvalue weighted by Gasteiger charge is 2.75. The summed E-state index contributed by atoms with van der Waals surface area (Å²) < 4.78 is 0. The topological polar surface area (TPSA) is 71.4 Å². The summed E-state index contributed by atoms with van der Waals surface area (Å²) in [6, 6.07) is 8.72. The van der Waals surface area contributed by atoms with Gasteiger partial charge in [-0.25, -0.2) is 0 Å². The van der Waals surface area contributed by atoms with Crippen LogP contribution in [0.15, 0.2) is 88.8 Å². The minimum absolute atomic E-state index is 0.112. The molecule has 0 spiro atoms. The average molecular weight is 571 g/mol. The average Bonchev–Trinajstić information content (AvgIpc) is 2.91. The summed E-state index contributed by atoms with van der Waals surface area (Å²) in [5.41, 5.74) is 0.389. The van der Waals surface area contributed by atoms with Gasteiger partial charge in [-0.1, -0.05) is 91.3 Å². The first-order valence-electron chi connectivity index (χ1n) is 15.2. The van der Waals surface area contributed by atoms with Crippen molar-refractivity contribution < 1.29 is 19.5 Å². The lowest BCUT2D eigenvalue weighted by molar-refractivity contribution is -0.166. The van der Waals surface area contributed by atoms with Crippen LogP contribution in [0, 0.1) is 28.1 Å². The normalized spacial score (nSPS) is 25.4. The van der Waals surface area contributed by atoms with E-state index in [9.17, 15) is 14.7 Å². The number of benzene rings is 1. The van der Waals surface area contributed by atoms with Crippen LogP contribution in [0.5, 0.6) is 0 Å². The SMILES string of the molecule is C=C(C)[C@@H](CC=C(C)C)C[C@]12C[C@@H](CC=C(C)C)C(C)(C)[C@](C(=O)c3ccccc3)(C(=O)C(CC=C(C)C)=C1O)C2=O. The van der Waals surface area contributed by atoms with Gasteiger partial charge in [0.2, 0.25) is 0 Å². The molecule has 0 radical (unpaired) electrons. The second-order valence-corrected chi connectivity index (χ2v) is 13.9. The number of hydrogen-bond acceptors (Lipinski definition) is 4. The minimum atomic E-state index is -1.96. The quantitative estimate of drug-likeness (QED) is 0.163. The molecule has 0 amide bonds. The van der Waals surface area contributed by atoms with Crippen LogP contribution in [0.2, 0.25) is 0 Å². The maximum atomic E-state index is 15.3. The maximum Gasteiger partial charge on any atom is 0.184 e. The first-order chi connectivity index (χ1) is 19.5. The number of hydrogen-bond donors (Lipinski definition) is 1. The molecule has 0 aliphatic heterocycles. The molecule has 0 unspecified atom stereocenters. The molecule has 0 heterocycles. The highest BCUT2D eigenvalue weighted by Crippen LogP contribution is 2.66. The van der Waals surface area contributed by atoms with E-state index in [4.69, 9.17) is 0 Å². The zero-order chi connectivity index (χ0) is 31.6. The molecule has 1 N–H and O–H groups in total. The van der Waals surface area contributed by atoms with E-state index in [2.05, 4.69) is 18.7 Å². The highest BCUT2D eigenvalue weighted by atomic mass is 16.3. The van der Waals surface area contributed by atoms with E-state index in [-0.39, 0.29) is 29.6 Å². The predicted octanol–water partition coefficient (Wildman–Crippen LogP) is 9.50. The van der Waals surface area contributed by atoms with Gasteiger partial charge in [-0.15, -0.1) is 0 Å². The molecule has 0 aromatic heterocycles. The number of allylic oxidation sites excluding steroid dienone is 9. The van der Waals surface area contributed by atoms with Gasteiger partial charge in [0.05, 0.1) is 5.41 Å². The summed E-state index contributed by atoms with van der Waals surface area (Å²) in [6.45, 7) is 22.1. The lowest BCUT2D eigenvalue weighted by atomic mass is 9.39. The summed E-state index contributed by atoms with van der Waals surface area (Å²) in [6.07, 6.45) is 8.26. The van der Waals surface area contributed by atoms with Crippen LogP contribution in [0.4, 0.5) is 0 Å². The van der Waals surface area contributed by atoms with Crippen molar-refractivity contribution in [1.82, 2.24) is 0 Å². The van der Waals surface area contributed by atoms with Crippen molar-refractivity contribution in [2.45, 2.75) is 94.4 Å². The highest BCUT2D eigenvalue weighted by molar-refractivity contribution is 6.36. The number of aliphatic hydroxyl groups is 1. The Hall–Kier alpha value is -3.27. The Morgan fingerprint density at radius 2 is 1.52 bits per heavy atom. The Kier molecular flexibility index (Phi) is 9.92. The number of Topliss-reactive ketones (excluding diaryl/α,β-unsaturated/α-hetero) is 3. The number of carbonyl (C=O) groups excluding carboxylic acids is 3. The number of rotatable bonds is 11. The van der Waals surface area contributed by atoms with Crippen molar-refractivity contribution in [2.75, 3.05) is 0 Å². The summed E-state index contributed by atoms with van der Waals surface area (Å²) in [7, 11) is 0. The van der Waals surface area contributed by atoms with Crippen molar-refractivity contribution in [3.8, 4) is 0 Å².